The smallest absolute Gasteiger partial charge is 0.171 e. The summed E-state index contributed by atoms with van der Waals surface area (Å²) in [6.07, 6.45) is 5.13. The molecule has 0 amide bonds. The number of nitrogens with zero attached hydrogens (tertiary/aromatic N) is 5. The van der Waals surface area contributed by atoms with Crippen LogP contribution in [-0.4, -0.2) is 51.4 Å². The lowest BCUT2D eigenvalue weighted by molar-refractivity contribution is -0.169. The molecular formula is C16H18N6O2. The van der Waals surface area contributed by atoms with E-state index in [1.807, 2.05) is 16.5 Å². The van der Waals surface area contributed by atoms with Crippen molar-refractivity contribution in [3.63, 3.8) is 0 Å². The molecule has 0 radical (unpaired) electrons. The lowest BCUT2D eigenvalue weighted by Gasteiger charge is -2.38. The first-order valence-corrected chi connectivity index (χ1v) is 8.15. The van der Waals surface area contributed by atoms with Crippen molar-refractivity contribution in [2.24, 2.45) is 0 Å². The van der Waals surface area contributed by atoms with E-state index in [9.17, 15) is 0 Å². The molecule has 2 fully saturated rings. The molecule has 0 bridgehead atoms. The highest BCUT2D eigenvalue weighted by Crippen LogP contribution is 2.33. The number of fused-ring (bicyclic) bond motifs is 3. The van der Waals surface area contributed by atoms with E-state index in [4.69, 9.17) is 20.2 Å². The summed E-state index contributed by atoms with van der Waals surface area (Å²) in [5.41, 5.74) is 8.28. The van der Waals surface area contributed by atoms with E-state index in [1.54, 1.807) is 12.5 Å². The molecule has 0 aromatic carbocycles. The summed E-state index contributed by atoms with van der Waals surface area (Å²) in [6.45, 7) is 3.10. The monoisotopic (exact) mass is 326 g/mol. The van der Waals surface area contributed by atoms with Crippen molar-refractivity contribution in [2.75, 3.05) is 36.9 Å². The van der Waals surface area contributed by atoms with Gasteiger partial charge in [0.1, 0.15) is 29.0 Å². The second-order valence-corrected chi connectivity index (χ2v) is 6.25. The van der Waals surface area contributed by atoms with Crippen LogP contribution in [0.2, 0.25) is 0 Å². The van der Waals surface area contributed by atoms with Crippen LogP contribution in [0.25, 0.3) is 16.7 Å². The molecule has 124 valence electrons. The van der Waals surface area contributed by atoms with Gasteiger partial charge in [-0.05, 0) is 12.1 Å². The largest absolute Gasteiger partial charge is 0.382 e. The summed E-state index contributed by atoms with van der Waals surface area (Å²) in [7, 11) is 0. The van der Waals surface area contributed by atoms with Crippen LogP contribution in [0, 0.1) is 0 Å². The van der Waals surface area contributed by atoms with Gasteiger partial charge in [0.15, 0.2) is 11.4 Å². The molecule has 2 N–H and O–H groups in total. The fraction of sp³-hybridized carbons (Fsp3) is 0.438. The number of piperidine rings is 1. The van der Waals surface area contributed by atoms with Crippen LogP contribution in [-0.2, 0) is 9.47 Å². The minimum Gasteiger partial charge on any atom is -0.382 e. The molecule has 2 aliphatic heterocycles. The van der Waals surface area contributed by atoms with E-state index in [0.717, 1.165) is 48.4 Å². The van der Waals surface area contributed by atoms with E-state index < -0.39 is 0 Å². The molecule has 0 atom stereocenters. The Morgan fingerprint density at radius 2 is 1.88 bits per heavy atom. The number of pyridine rings is 1. The van der Waals surface area contributed by atoms with Gasteiger partial charge in [0, 0.05) is 25.9 Å². The Morgan fingerprint density at radius 1 is 1.08 bits per heavy atom. The highest BCUT2D eigenvalue weighted by molar-refractivity contribution is 5.81. The van der Waals surface area contributed by atoms with Gasteiger partial charge in [-0.15, -0.1) is 0 Å². The Labute approximate surface area is 138 Å². The second kappa shape index (κ2) is 5.02. The van der Waals surface area contributed by atoms with Gasteiger partial charge in [-0.1, -0.05) is 0 Å². The van der Waals surface area contributed by atoms with Gasteiger partial charge in [-0.2, -0.15) is 0 Å². The molecule has 24 heavy (non-hydrogen) atoms. The third kappa shape index (κ3) is 2.03. The van der Waals surface area contributed by atoms with E-state index in [2.05, 4.69) is 14.9 Å². The van der Waals surface area contributed by atoms with Crippen LogP contribution in [0.5, 0.6) is 0 Å². The first kappa shape index (κ1) is 13.9. The minimum atomic E-state index is -0.374. The van der Waals surface area contributed by atoms with E-state index in [-0.39, 0.29) is 5.79 Å². The van der Waals surface area contributed by atoms with Crippen molar-refractivity contribution < 1.29 is 9.47 Å². The predicted molar refractivity (Wildman–Crippen MR) is 88.8 cm³/mol. The number of hydrogen-bond donors (Lipinski definition) is 1. The Balaban J connectivity index is 1.50. The number of ether oxygens (including phenoxy) is 2. The number of hydrogen-bond acceptors (Lipinski definition) is 7. The number of imidazole rings is 1. The zero-order valence-electron chi connectivity index (χ0n) is 13.2. The van der Waals surface area contributed by atoms with E-state index in [1.165, 1.54) is 0 Å². The number of nitrogens with two attached hydrogens (primary N) is 1. The number of anilines is 2. The van der Waals surface area contributed by atoms with Crippen molar-refractivity contribution in [3.8, 4) is 0 Å². The average Bonchev–Trinajstić information content (AvgIpc) is 3.26. The van der Waals surface area contributed by atoms with Crippen LogP contribution in [0.4, 0.5) is 11.6 Å². The standard InChI is InChI=1S/C16H18N6O2/c17-14-12-9-18-10-22(12)15-11(19-14)1-2-13(20-15)21-5-3-16(4-6-21)23-7-8-24-16/h1-2,9-10H,3-8H2,(H2,17,19). The van der Waals surface area contributed by atoms with Gasteiger partial charge in [-0.3, -0.25) is 4.40 Å². The van der Waals surface area contributed by atoms with Crippen molar-refractivity contribution in [3.05, 3.63) is 24.7 Å². The topological polar surface area (TPSA) is 90.8 Å². The van der Waals surface area contributed by atoms with Crippen molar-refractivity contribution in [1.82, 2.24) is 19.4 Å². The van der Waals surface area contributed by atoms with E-state index >= 15 is 0 Å². The lowest BCUT2D eigenvalue weighted by Crippen LogP contribution is -2.45. The van der Waals surface area contributed by atoms with Crippen LogP contribution in [0.15, 0.2) is 24.7 Å². The van der Waals surface area contributed by atoms with Crippen molar-refractivity contribution >= 4 is 28.3 Å². The maximum Gasteiger partial charge on any atom is 0.171 e. The molecule has 0 unspecified atom stereocenters. The molecule has 3 aromatic heterocycles. The van der Waals surface area contributed by atoms with Gasteiger partial charge in [0.2, 0.25) is 0 Å². The molecule has 2 aliphatic rings. The molecule has 0 aliphatic carbocycles. The molecule has 8 heteroatoms. The molecule has 0 saturated carbocycles. The summed E-state index contributed by atoms with van der Waals surface area (Å²) >= 11 is 0. The first-order chi connectivity index (χ1) is 11.7. The maximum absolute atomic E-state index is 5.98. The minimum absolute atomic E-state index is 0.374. The summed E-state index contributed by atoms with van der Waals surface area (Å²) in [5, 5.41) is 0. The molecule has 3 aromatic rings. The molecule has 5 heterocycles. The van der Waals surface area contributed by atoms with Crippen molar-refractivity contribution in [1.29, 1.82) is 0 Å². The summed E-state index contributed by atoms with van der Waals surface area (Å²) in [6, 6.07) is 3.95. The van der Waals surface area contributed by atoms with Gasteiger partial charge in [-0.25, -0.2) is 15.0 Å². The van der Waals surface area contributed by atoms with Crippen LogP contribution < -0.4 is 10.6 Å². The fourth-order valence-electron chi connectivity index (χ4n) is 3.57. The Morgan fingerprint density at radius 3 is 2.67 bits per heavy atom. The molecule has 5 rings (SSSR count). The number of aromatic nitrogens is 4. The second-order valence-electron chi connectivity index (χ2n) is 6.25. The summed E-state index contributed by atoms with van der Waals surface area (Å²) in [4.78, 5) is 15.6. The highest BCUT2D eigenvalue weighted by atomic mass is 16.7. The Kier molecular flexibility index (Phi) is 2.92. The SMILES string of the molecule is Nc1nc2ccc(N3CCC4(CC3)OCCO4)nc2n2cncc12. The van der Waals surface area contributed by atoms with Crippen molar-refractivity contribution in [2.45, 2.75) is 18.6 Å². The third-order valence-electron chi connectivity index (χ3n) is 4.87. The predicted octanol–water partition coefficient (Wildman–Crippen LogP) is 1.20. The Bertz CT molecular complexity index is 907. The Hall–Kier alpha value is -2.45. The normalized spacial score (nSPS) is 20.4. The third-order valence-corrected chi connectivity index (χ3v) is 4.87. The number of rotatable bonds is 1. The first-order valence-electron chi connectivity index (χ1n) is 8.15. The number of nitrogen functional groups attached to an aromatic ring is 1. The van der Waals surface area contributed by atoms with Crippen LogP contribution >= 0.6 is 0 Å². The molecule has 1 spiro atoms. The van der Waals surface area contributed by atoms with E-state index in [0.29, 0.717) is 19.0 Å². The van der Waals surface area contributed by atoms with Gasteiger partial charge < -0.3 is 20.1 Å². The lowest BCUT2D eigenvalue weighted by atomic mass is 10.0. The van der Waals surface area contributed by atoms with Gasteiger partial charge in [0.05, 0.1) is 19.4 Å². The zero-order valence-corrected chi connectivity index (χ0v) is 13.2. The average molecular weight is 326 g/mol. The zero-order chi connectivity index (χ0) is 16.1. The molecular weight excluding hydrogens is 308 g/mol. The maximum atomic E-state index is 5.98. The fourth-order valence-corrected chi connectivity index (χ4v) is 3.57. The molecule has 2 saturated heterocycles. The van der Waals surface area contributed by atoms with Crippen LogP contribution in [0.1, 0.15) is 12.8 Å². The quantitative estimate of drug-likeness (QED) is 0.718. The van der Waals surface area contributed by atoms with Crippen LogP contribution in [0.3, 0.4) is 0 Å². The van der Waals surface area contributed by atoms with Gasteiger partial charge in [0.25, 0.3) is 0 Å². The van der Waals surface area contributed by atoms with Gasteiger partial charge >= 0.3 is 0 Å². The molecule has 8 nitrogen and oxygen atoms in total. The summed E-state index contributed by atoms with van der Waals surface area (Å²) < 4.78 is 13.5. The highest BCUT2D eigenvalue weighted by Gasteiger charge is 2.40. The summed E-state index contributed by atoms with van der Waals surface area (Å²) in [5.74, 6) is 1.02.